The van der Waals surface area contributed by atoms with Crippen LogP contribution in [-0.2, 0) is 11.3 Å². The van der Waals surface area contributed by atoms with E-state index in [4.69, 9.17) is 10.3 Å². The van der Waals surface area contributed by atoms with Crippen molar-refractivity contribution in [2.24, 2.45) is 23.5 Å². The maximum absolute atomic E-state index is 12.4. The minimum Gasteiger partial charge on any atom is -0.385 e. The molecule has 0 radical (unpaired) electrons. The minimum atomic E-state index is -0.648. The number of likely N-dealkylation sites (tertiary alicyclic amines) is 1. The van der Waals surface area contributed by atoms with E-state index in [9.17, 15) is 9.90 Å². The summed E-state index contributed by atoms with van der Waals surface area (Å²) in [6.45, 7) is 7.53. The van der Waals surface area contributed by atoms with Gasteiger partial charge in [0.05, 0.1) is 6.54 Å². The highest BCUT2D eigenvalue weighted by atomic mass is 16.5. The number of imidazole rings is 1. The summed E-state index contributed by atoms with van der Waals surface area (Å²) in [6.07, 6.45) is 3.21. The highest BCUT2D eigenvalue weighted by molar-refractivity contribution is 5.78. The first-order valence-corrected chi connectivity index (χ1v) is 12.0. The second-order valence-corrected chi connectivity index (χ2v) is 10.4. The molecule has 1 aliphatic heterocycles. The largest absolute Gasteiger partial charge is 0.385 e. The fourth-order valence-electron chi connectivity index (χ4n) is 4.85. The van der Waals surface area contributed by atoms with Crippen molar-refractivity contribution in [3.8, 4) is 23.2 Å². The predicted molar refractivity (Wildman–Crippen MR) is 131 cm³/mol. The number of hydrogen-bond acceptors (Lipinski definition) is 6. The van der Waals surface area contributed by atoms with Gasteiger partial charge in [0.2, 0.25) is 5.91 Å². The molecule has 2 fully saturated rings. The smallest absolute Gasteiger partial charge is 0.224 e. The number of rotatable bonds is 6. The summed E-state index contributed by atoms with van der Waals surface area (Å²) in [6, 6.07) is 9.84. The number of piperidine rings is 1. The van der Waals surface area contributed by atoms with Crippen LogP contribution < -0.4 is 5.73 Å². The molecule has 1 saturated heterocycles. The lowest BCUT2D eigenvalue weighted by Crippen LogP contribution is -2.41. The summed E-state index contributed by atoms with van der Waals surface area (Å²) in [5.74, 6) is 9.48. The van der Waals surface area contributed by atoms with Gasteiger partial charge in [-0.3, -0.25) is 4.79 Å². The van der Waals surface area contributed by atoms with Crippen molar-refractivity contribution in [1.82, 2.24) is 19.6 Å². The van der Waals surface area contributed by atoms with Gasteiger partial charge >= 0.3 is 0 Å². The monoisotopic (exact) mass is 473 g/mol. The zero-order valence-corrected chi connectivity index (χ0v) is 20.3. The molecule has 1 aliphatic carbocycles. The number of carbonyl (C=O) groups excluding carboxylic acids is 1. The Morgan fingerprint density at radius 2 is 2.00 bits per heavy atom. The van der Waals surface area contributed by atoms with Crippen molar-refractivity contribution in [3.63, 3.8) is 0 Å². The summed E-state index contributed by atoms with van der Waals surface area (Å²) in [4.78, 5) is 18.5. The standard InChI is InChI=1S/C27H31N5O3/c1-17(33)26-29-10-11-31(26)14-20-12-24(35-30-20)19-7-4-18(5-8-19)6-9-21-22-15-32(16-23(21)22)25(34)13-27(2,3)28/h4-5,7-8,10-12,17,21-23,33H,13-16,28H2,1-3H3/t17-,21-,22+,23-/m0/s1. The molecule has 5 rings (SSSR count). The lowest BCUT2D eigenvalue weighted by atomic mass is 10.0. The van der Waals surface area contributed by atoms with Gasteiger partial charge in [0.25, 0.3) is 0 Å². The molecule has 35 heavy (non-hydrogen) atoms. The minimum absolute atomic E-state index is 0.149. The fraction of sp³-hybridized carbons (Fsp3) is 0.444. The normalized spacial score (nSPS) is 21.9. The Morgan fingerprint density at radius 1 is 1.29 bits per heavy atom. The molecule has 2 aliphatic rings. The van der Waals surface area contributed by atoms with Crippen LogP contribution >= 0.6 is 0 Å². The maximum Gasteiger partial charge on any atom is 0.224 e. The third-order valence-corrected chi connectivity index (χ3v) is 6.72. The van der Waals surface area contributed by atoms with Crippen molar-refractivity contribution >= 4 is 5.91 Å². The number of fused-ring (bicyclic) bond motifs is 1. The van der Waals surface area contributed by atoms with Gasteiger partial charge in [0.15, 0.2) is 5.76 Å². The van der Waals surface area contributed by atoms with Gasteiger partial charge < -0.3 is 24.8 Å². The summed E-state index contributed by atoms with van der Waals surface area (Å²) in [7, 11) is 0. The first-order chi connectivity index (χ1) is 16.7. The Bertz CT molecular complexity index is 1260. The Kier molecular flexibility index (Phi) is 5.99. The molecule has 8 heteroatoms. The molecule has 182 valence electrons. The lowest BCUT2D eigenvalue weighted by Gasteiger charge is -2.24. The molecule has 4 atom stereocenters. The van der Waals surface area contributed by atoms with Gasteiger partial charge in [0, 0.05) is 60.6 Å². The van der Waals surface area contributed by atoms with Gasteiger partial charge in [-0.15, -0.1) is 0 Å². The zero-order valence-electron chi connectivity index (χ0n) is 20.3. The number of aromatic nitrogens is 3. The van der Waals surface area contributed by atoms with E-state index in [0.717, 1.165) is 29.9 Å². The quantitative estimate of drug-likeness (QED) is 0.533. The molecule has 8 nitrogen and oxygen atoms in total. The number of carbonyl (C=O) groups is 1. The molecule has 2 aromatic heterocycles. The lowest BCUT2D eigenvalue weighted by molar-refractivity contribution is -0.131. The number of benzene rings is 1. The van der Waals surface area contributed by atoms with Crippen LogP contribution in [0.15, 0.2) is 47.2 Å². The summed E-state index contributed by atoms with van der Waals surface area (Å²) < 4.78 is 7.39. The van der Waals surface area contributed by atoms with Crippen molar-refractivity contribution in [2.75, 3.05) is 13.1 Å². The molecule has 0 spiro atoms. The van der Waals surface area contributed by atoms with Crippen LogP contribution in [0.2, 0.25) is 0 Å². The third kappa shape index (κ3) is 5.16. The third-order valence-electron chi connectivity index (χ3n) is 6.72. The maximum atomic E-state index is 12.4. The van der Waals surface area contributed by atoms with Crippen LogP contribution in [0.25, 0.3) is 11.3 Å². The van der Waals surface area contributed by atoms with E-state index in [2.05, 4.69) is 22.0 Å². The molecule has 1 aromatic carbocycles. The predicted octanol–water partition coefficient (Wildman–Crippen LogP) is 2.82. The van der Waals surface area contributed by atoms with Crippen LogP contribution in [0.1, 0.15) is 50.4 Å². The first-order valence-electron chi connectivity index (χ1n) is 12.0. The van der Waals surface area contributed by atoms with E-state index >= 15 is 0 Å². The molecule has 3 N–H and O–H groups in total. The zero-order chi connectivity index (χ0) is 24.7. The summed E-state index contributed by atoms with van der Waals surface area (Å²) in [5.41, 5.74) is 8.16. The van der Waals surface area contributed by atoms with E-state index in [1.54, 1.807) is 13.1 Å². The van der Waals surface area contributed by atoms with Gasteiger partial charge in [-0.05, 0) is 56.9 Å². The average Bonchev–Trinajstić information content (AvgIpc) is 3.29. The van der Waals surface area contributed by atoms with Crippen molar-refractivity contribution in [3.05, 3.63) is 59.8 Å². The highest BCUT2D eigenvalue weighted by Crippen LogP contribution is 2.51. The van der Waals surface area contributed by atoms with Crippen LogP contribution in [0.5, 0.6) is 0 Å². The Balaban J connectivity index is 1.16. The van der Waals surface area contributed by atoms with Crippen molar-refractivity contribution in [1.29, 1.82) is 0 Å². The van der Waals surface area contributed by atoms with Gasteiger partial charge in [-0.1, -0.05) is 17.0 Å². The van der Waals surface area contributed by atoms with E-state index in [0.29, 0.717) is 42.3 Å². The molecule has 1 saturated carbocycles. The van der Waals surface area contributed by atoms with Crippen molar-refractivity contribution in [2.45, 2.75) is 45.4 Å². The van der Waals surface area contributed by atoms with Gasteiger partial charge in [-0.25, -0.2) is 4.98 Å². The second-order valence-electron chi connectivity index (χ2n) is 10.4. The number of nitrogens with two attached hydrogens (primary N) is 1. The Hall–Kier alpha value is -3.41. The SMILES string of the molecule is C[C@H](O)c1nccn1Cc1cc(-c2ccc(C#C[C@H]3[C@H]4CN(C(=O)CC(C)(C)N)C[C@@H]34)cc2)on1. The number of aliphatic hydroxyl groups excluding tert-OH is 1. The summed E-state index contributed by atoms with van der Waals surface area (Å²) >= 11 is 0. The molecule has 3 aromatic rings. The van der Waals surface area contributed by atoms with Crippen LogP contribution in [0, 0.1) is 29.6 Å². The number of hydrogen-bond donors (Lipinski definition) is 2. The molecule has 0 bridgehead atoms. The van der Waals surface area contributed by atoms with Gasteiger partial charge in [0.1, 0.15) is 17.6 Å². The van der Waals surface area contributed by atoms with Gasteiger partial charge in [-0.2, -0.15) is 0 Å². The second kappa shape index (κ2) is 8.99. The number of nitrogens with zero attached hydrogens (tertiary/aromatic N) is 4. The number of amides is 1. The fourth-order valence-corrected chi connectivity index (χ4v) is 4.85. The Morgan fingerprint density at radius 3 is 2.66 bits per heavy atom. The molecular weight excluding hydrogens is 442 g/mol. The topological polar surface area (TPSA) is 110 Å². The first kappa shape index (κ1) is 23.3. The van der Waals surface area contributed by atoms with E-state index < -0.39 is 11.6 Å². The van der Waals surface area contributed by atoms with E-state index in [1.807, 2.05) is 59.8 Å². The van der Waals surface area contributed by atoms with Crippen LogP contribution in [0.4, 0.5) is 0 Å². The molecule has 3 heterocycles. The summed E-state index contributed by atoms with van der Waals surface area (Å²) in [5, 5.41) is 14.0. The molecule has 0 unspecified atom stereocenters. The average molecular weight is 474 g/mol. The molecule has 1 amide bonds. The number of aliphatic hydroxyl groups is 1. The van der Waals surface area contributed by atoms with E-state index in [-0.39, 0.29) is 5.91 Å². The van der Waals surface area contributed by atoms with E-state index in [1.165, 1.54) is 0 Å². The van der Waals surface area contributed by atoms with Crippen LogP contribution in [-0.4, -0.2) is 49.2 Å². The highest BCUT2D eigenvalue weighted by Gasteiger charge is 2.56. The molecular formula is C27H31N5O3. The van der Waals surface area contributed by atoms with Crippen molar-refractivity contribution < 1.29 is 14.4 Å². The Labute approximate surface area is 205 Å². The van der Waals surface area contributed by atoms with Crippen LogP contribution in [0.3, 0.4) is 0 Å².